The minimum absolute atomic E-state index is 0.0277. The number of rotatable bonds is 2. The van der Waals surface area contributed by atoms with Crippen molar-refractivity contribution in [3.05, 3.63) is 68.3 Å². The van der Waals surface area contributed by atoms with Gasteiger partial charge in [0.05, 0.1) is 16.7 Å². The Morgan fingerprint density at radius 2 is 1.33 bits per heavy atom. The van der Waals surface area contributed by atoms with Crippen LogP contribution in [0.1, 0.15) is 31.8 Å². The maximum atomic E-state index is 11.9. The summed E-state index contributed by atoms with van der Waals surface area (Å²) >= 11 is 1.96. The Hall–Kier alpha value is -2.10. The molecule has 8 heteroatoms. The van der Waals surface area contributed by atoms with Crippen LogP contribution in [0.2, 0.25) is 0 Å². The summed E-state index contributed by atoms with van der Waals surface area (Å²) in [5.41, 5.74) is -0.264. The smallest absolute Gasteiger partial charge is 0.416 e. The molecule has 0 atom stereocenters. The van der Waals surface area contributed by atoms with E-state index in [2.05, 4.69) is 0 Å². The van der Waals surface area contributed by atoms with E-state index in [1.807, 2.05) is 22.6 Å². The Labute approximate surface area is 149 Å². The zero-order chi connectivity index (χ0) is 18.5. The molecule has 24 heavy (non-hydrogen) atoms. The summed E-state index contributed by atoms with van der Waals surface area (Å²) in [7, 11) is 0. The van der Waals surface area contributed by atoms with E-state index in [0.717, 1.165) is 15.7 Å². The Morgan fingerprint density at radius 3 is 1.67 bits per heavy atom. The molecule has 0 aliphatic rings. The Kier molecular flexibility index (Phi) is 6.76. The monoisotopic (exact) mass is 452 g/mol. The van der Waals surface area contributed by atoms with Gasteiger partial charge in [0.2, 0.25) is 0 Å². The minimum atomic E-state index is -4.22. The van der Waals surface area contributed by atoms with E-state index in [1.165, 1.54) is 37.3 Å². The molecule has 0 spiro atoms. The van der Waals surface area contributed by atoms with Crippen molar-refractivity contribution in [2.75, 3.05) is 0 Å². The van der Waals surface area contributed by atoms with Crippen LogP contribution in [0.4, 0.5) is 13.2 Å². The fourth-order valence-corrected chi connectivity index (χ4v) is 2.10. The highest BCUT2D eigenvalue weighted by molar-refractivity contribution is 14.1. The van der Waals surface area contributed by atoms with E-state index in [0.29, 0.717) is 0 Å². The molecule has 4 nitrogen and oxygen atoms in total. The van der Waals surface area contributed by atoms with Crippen molar-refractivity contribution >= 4 is 34.5 Å². The lowest BCUT2D eigenvalue weighted by Crippen LogP contribution is -2.06. The van der Waals surface area contributed by atoms with E-state index < -0.39 is 23.7 Å². The Morgan fingerprint density at radius 1 is 0.917 bits per heavy atom. The summed E-state index contributed by atoms with van der Waals surface area (Å²) in [6.45, 7) is 1.48. The second kappa shape index (κ2) is 8.13. The lowest BCUT2D eigenvalue weighted by Gasteiger charge is -2.04. The van der Waals surface area contributed by atoms with Crippen LogP contribution in [0, 0.1) is 10.5 Å². The van der Waals surface area contributed by atoms with Crippen LogP contribution in [0.5, 0.6) is 0 Å². The fraction of sp³-hybridized carbons (Fsp3) is 0.125. The minimum Gasteiger partial charge on any atom is -0.478 e. The SMILES string of the molecule is Cc1c(C(=O)O)cccc1C(=O)O.FC(F)(F)c1ccc(I)cc1. The molecule has 0 fully saturated rings. The maximum absolute atomic E-state index is 11.9. The molecule has 0 bridgehead atoms. The molecule has 128 valence electrons. The predicted octanol–water partition coefficient (Wildman–Crippen LogP) is 4.70. The molecule has 0 heterocycles. The molecule has 0 aromatic heterocycles. The molecule has 2 N–H and O–H groups in total. The molecular formula is C16H12F3IO4. The first kappa shape index (κ1) is 19.9. The van der Waals surface area contributed by atoms with Gasteiger partial charge in [-0.2, -0.15) is 13.2 Å². The van der Waals surface area contributed by atoms with Crippen molar-refractivity contribution < 1.29 is 33.0 Å². The number of carboxylic acid groups (broad SMARTS) is 2. The van der Waals surface area contributed by atoms with Gasteiger partial charge in [0.15, 0.2) is 0 Å². The molecule has 2 aromatic carbocycles. The highest BCUT2D eigenvalue weighted by atomic mass is 127. The quantitative estimate of drug-likeness (QED) is 0.648. The highest BCUT2D eigenvalue weighted by Gasteiger charge is 2.29. The van der Waals surface area contributed by atoms with Crippen LogP contribution in [-0.2, 0) is 6.18 Å². The lowest BCUT2D eigenvalue weighted by molar-refractivity contribution is -0.137. The summed E-state index contributed by atoms with van der Waals surface area (Å²) in [4.78, 5) is 21.2. The van der Waals surface area contributed by atoms with Gasteiger partial charge in [-0.3, -0.25) is 0 Å². The molecule has 0 radical (unpaired) electrons. The maximum Gasteiger partial charge on any atom is 0.416 e. The Balaban J connectivity index is 0.000000243. The van der Waals surface area contributed by atoms with E-state index in [-0.39, 0.29) is 16.7 Å². The molecule has 0 amide bonds. The molecule has 0 saturated heterocycles. The first-order chi connectivity index (χ1) is 11.0. The van der Waals surface area contributed by atoms with Gasteiger partial charge >= 0.3 is 18.1 Å². The van der Waals surface area contributed by atoms with E-state index >= 15 is 0 Å². The normalized spacial score (nSPS) is 10.5. The second-order valence-electron chi connectivity index (χ2n) is 4.59. The van der Waals surface area contributed by atoms with Crippen LogP contribution in [-0.4, -0.2) is 22.2 Å². The Bertz CT molecular complexity index is 708. The van der Waals surface area contributed by atoms with Gasteiger partial charge in [-0.25, -0.2) is 9.59 Å². The number of benzene rings is 2. The third-order valence-electron chi connectivity index (χ3n) is 2.97. The number of aromatic carboxylic acids is 2. The fourth-order valence-electron chi connectivity index (χ4n) is 1.74. The number of carbonyl (C=O) groups is 2. The molecule has 0 aliphatic carbocycles. The lowest BCUT2D eigenvalue weighted by atomic mass is 10.0. The number of halogens is 4. The zero-order valence-corrected chi connectivity index (χ0v) is 14.4. The van der Waals surface area contributed by atoms with Crippen LogP contribution in [0.25, 0.3) is 0 Å². The van der Waals surface area contributed by atoms with Crippen LogP contribution < -0.4 is 0 Å². The standard InChI is InChI=1S/C9H8O4.C7H4F3I/c1-5-6(8(10)11)3-2-4-7(5)9(12)13;8-7(9,10)5-1-3-6(11)4-2-5/h2-4H,1H3,(H,10,11)(H,12,13);1-4H. The number of carboxylic acids is 2. The third-order valence-corrected chi connectivity index (χ3v) is 3.69. The van der Waals surface area contributed by atoms with Crippen molar-refractivity contribution in [2.45, 2.75) is 13.1 Å². The number of hydrogen-bond acceptors (Lipinski definition) is 2. The number of alkyl halides is 3. The van der Waals surface area contributed by atoms with Gasteiger partial charge in [-0.15, -0.1) is 0 Å². The van der Waals surface area contributed by atoms with Gasteiger partial charge in [0.25, 0.3) is 0 Å². The van der Waals surface area contributed by atoms with Gasteiger partial charge < -0.3 is 10.2 Å². The first-order valence-electron chi connectivity index (χ1n) is 6.43. The molecule has 0 saturated carbocycles. The van der Waals surface area contributed by atoms with E-state index in [1.54, 1.807) is 0 Å². The van der Waals surface area contributed by atoms with E-state index in [4.69, 9.17) is 10.2 Å². The van der Waals surface area contributed by atoms with Crippen LogP contribution >= 0.6 is 22.6 Å². The second-order valence-corrected chi connectivity index (χ2v) is 5.84. The summed E-state index contributed by atoms with van der Waals surface area (Å²) in [5, 5.41) is 17.4. The zero-order valence-electron chi connectivity index (χ0n) is 12.3. The molecule has 2 rings (SSSR count). The van der Waals surface area contributed by atoms with Crippen LogP contribution in [0.15, 0.2) is 42.5 Å². The average molecular weight is 452 g/mol. The average Bonchev–Trinajstić information content (AvgIpc) is 2.47. The molecular weight excluding hydrogens is 440 g/mol. The predicted molar refractivity (Wildman–Crippen MR) is 89.3 cm³/mol. The van der Waals surface area contributed by atoms with Gasteiger partial charge in [-0.05, 0) is 71.5 Å². The third kappa shape index (κ3) is 5.52. The topological polar surface area (TPSA) is 74.6 Å². The van der Waals surface area contributed by atoms with Crippen molar-refractivity contribution in [1.29, 1.82) is 0 Å². The molecule has 0 unspecified atom stereocenters. The molecule has 0 aliphatic heterocycles. The van der Waals surface area contributed by atoms with Gasteiger partial charge in [0, 0.05) is 3.57 Å². The van der Waals surface area contributed by atoms with Crippen molar-refractivity contribution in [2.24, 2.45) is 0 Å². The van der Waals surface area contributed by atoms with Crippen molar-refractivity contribution in [1.82, 2.24) is 0 Å². The van der Waals surface area contributed by atoms with Crippen molar-refractivity contribution in [3.8, 4) is 0 Å². The van der Waals surface area contributed by atoms with Gasteiger partial charge in [-0.1, -0.05) is 6.07 Å². The summed E-state index contributed by atoms with van der Waals surface area (Å²) in [6.07, 6.45) is -4.22. The highest BCUT2D eigenvalue weighted by Crippen LogP contribution is 2.29. The van der Waals surface area contributed by atoms with Crippen LogP contribution in [0.3, 0.4) is 0 Å². The van der Waals surface area contributed by atoms with Crippen molar-refractivity contribution in [3.63, 3.8) is 0 Å². The molecule has 2 aromatic rings. The first-order valence-corrected chi connectivity index (χ1v) is 7.51. The largest absolute Gasteiger partial charge is 0.478 e. The summed E-state index contributed by atoms with van der Waals surface area (Å²) in [5.74, 6) is -2.22. The van der Waals surface area contributed by atoms with E-state index in [9.17, 15) is 22.8 Å². The summed E-state index contributed by atoms with van der Waals surface area (Å²) in [6, 6.07) is 9.18. The summed E-state index contributed by atoms with van der Waals surface area (Å²) < 4.78 is 36.6. The van der Waals surface area contributed by atoms with Gasteiger partial charge in [0.1, 0.15) is 0 Å². The number of hydrogen-bond donors (Lipinski definition) is 2.